The Hall–Kier alpha value is -1.82. The van der Waals surface area contributed by atoms with Crippen LogP contribution in [0.25, 0.3) is 0 Å². The van der Waals surface area contributed by atoms with Gasteiger partial charge in [0.05, 0.1) is 6.04 Å². The number of nitrogens with one attached hydrogen (secondary N) is 2. The second-order valence-electron chi connectivity index (χ2n) is 8.16. The lowest BCUT2D eigenvalue weighted by Crippen LogP contribution is -2.50. The molecule has 3 atom stereocenters. The number of hydrogen-bond acceptors (Lipinski definition) is 3. The summed E-state index contributed by atoms with van der Waals surface area (Å²) in [6, 6.07) is 16.4. The fourth-order valence-corrected chi connectivity index (χ4v) is 4.54. The van der Waals surface area contributed by atoms with E-state index in [1.165, 1.54) is 6.07 Å². The molecule has 0 aliphatic carbocycles. The van der Waals surface area contributed by atoms with Crippen LogP contribution in [0.15, 0.2) is 54.6 Å². The Morgan fingerprint density at radius 2 is 1.83 bits per heavy atom. The molecule has 2 N–H and O–H groups in total. The van der Waals surface area contributed by atoms with E-state index in [0.717, 1.165) is 24.3 Å². The number of para-hydroxylation sites is 1. The first kappa shape index (κ1) is 23.5. The summed E-state index contributed by atoms with van der Waals surface area (Å²) in [5.41, 5.74) is 1.05. The van der Waals surface area contributed by atoms with Gasteiger partial charge in [0.1, 0.15) is 11.4 Å². The highest BCUT2D eigenvalue weighted by atomic mass is 35.5. The fourth-order valence-electron chi connectivity index (χ4n) is 4.54. The van der Waals surface area contributed by atoms with Gasteiger partial charge in [0, 0.05) is 31.2 Å². The van der Waals surface area contributed by atoms with E-state index in [2.05, 4.69) is 10.6 Å². The lowest BCUT2D eigenvalue weighted by atomic mass is 9.89. The number of carbonyl (C=O) groups is 1. The standard InChI is InChI=1S/C22H26FN3O.2ClH/c1-22(2,25-18-9-4-3-5-10-18)21(27)26-14-16-12-24-13-19(16)20(26)15-7-6-8-17(23)11-15;;/h3-11,16,19-20,24-25H,12-14H2,1-2H3;2*1H/t16-,19-,20-;;/m0../s1. The van der Waals surface area contributed by atoms with Crippen LogP contribution in [-0.2, 0) is 4.79 Å². The minimum Gasteiger partial charge on any atom is -0.372 e. The molecule has 2 aliphatic rings. The second kappa shape index (κ2) is 9.33. The number of hydrogen-bond donors (Lipinski definition) is 2. The fraction of sp³-hybridized carbons (Fsp3) is 0.409. The van der Waals surface area contributed by atoms with Crippen LogP contribution in [0.4, 0.5) is 10.1 Å². The summed E-state index contributed by atoms with van der Waals surface area (Å²) in [5.74, 6) is 0.531. The van der Waals surface area contributed by atoms with Crippen LogP contribution < -0.4 is 10.6 Å². The molecule has 2 aromatic carbocycles. The van der Waals surface area contributed by atoms with E-state index < -0.39 is 5.54 Å². The maximum absolute atomic E-state index is 13.9. The molecule has 0 radical (unpaired) electrons. The summed E-state index contributed by atoms with van der Waals surface area (Å²) in [6.45, 7) is 6.31. The number of fused-ring (bicyclic) bond motifs is 1. The third-order valence-corrected chi connectivity index (χ3v) is 5.78. The molecule has 4 rings (SSSR count). The molecule has 2 fully saturated rings. The number of anilines is 1. The van der Waals surface area contributed by atoms with Gasteiger partial charge < -0.3 is 15.5 Å². The first-order valence-electron chi connectivity index (χ1n) is 9.56. The van der Waals surface area contributed by atoms with E-state index in [1.54, 1.807) is 12.1 Å². The summed E-state index contributed by atoms with van der Waals surface area (Å²) < 4.78 is 13.9. The van der Waals surface area contributed by atoms with Crippen molar-refractivity contribution in [2.45, 2.75) is 25.4 Å². The summed E-state index contributed by atoms with van der Waals surface area (Å²) in [6.07, 6.45) is 0. The predicted molar refractivity (Wildman–Crippen MR) is 119 cm³/mol. The van der Waals surface area contributed by atoms with Crippen LogP contribution in [0, 0.1) is 17.7 Å². The molecule has 4 nitrogen and oxygen atoms in total. The molecule has 2 saturated heterocycles. The number of nitrogens with zero attached hydrogens (tertiary/aromatic N) is 1. The van der Waals surface area contributed by atoms with Crippen LogP contribution >= 0.6 is 24.8 Å². The molecule has 29 heavy (non-hydrogen) atoms. The number of halogens is 3. The predicted octanol–water partition coefficient (Wildman–Crippen LogP) is 4.28. The topological polar surface area (TPSA) is 44.4 Å². The Balaban J connectivity index is 0.00000150. The molecule has 7 heteroatoms. The van der Waals surface area contributed by atoms with E-state index in [9.17, 15) is 9.18 Å². The minimum absolute atomic E-state index is 0. The van der Waals surface area contributed by atoms with Crippen molar-refractivity contribution in [2.24, 2.45) is 11.8 Å². The van der Waals surface area contributed by atoms with E-state index in [1.807, 2.05) is 55.1 Å². The van der Waals surface area contributed by atoms with Crippen LogP contribution in [0.5, 0.6) is 0 Å². The van der Waals surface area contributed by atoms with Crippen LogP contribution in [0.1, 0.15) is 25.5 Å². The number of carbonyl (C=O) groups excluding carboxylic acids is 1. The molecular weight excluding hydrogens is 412 g/mol. The highest BCUT2D eigenvalue weighted by Gasteiger charge is 2.49. The average molecular weight is 440 g/mol. The molecule has 0 unspecified atom stereocenters. The zero-order chi connectivity index (χ0) is 19.0. The van der Waals surface area contributed by atoms with Crippen LogP contribution in [-0.4, -0.2) is 36.0 Å². The molecule has 2 aromatic rings. The summed E-state index contributed by atoms with van der Waals surface area (Å²) in [7, 11) is 0. The number of benzene rings is 2. The van der Waals surface area contributed by atoms with E-state index in [4.69, 9.17) is 0 Å². The van der Waals surface area contributed by atoms with Gasteiger partial charge in [-0.05, 0) is 49.6 Å². The van der Waals surface area contributed by atoms with Gasteiger partial charge >= 0.3 is 0 Å². The van der Waals surface area contributed by atoms with Crippen molar-refractivity contribution in [2.75, 3.05) is 25.0 Å². The largest absolute Gasteiger partial charge is 0.372 e. The smallest absolute Gasteiger partial charge is 0.248 e. The minimum atomic E-state index is -0.751. The maximum atomic E-state index is 13.9. The zero-order valence-electron chi connectivity index (χ0n) is 16.6. The summed E-state index contributed by atoms with van der Waals surface area (Å²) in [4.78, 5) is 15.5. The molecular formula is C22H28Cl2FN3O. The second-order valence-corrected chi connectivity index (χ2v) is 8.16. The van der Waals surface area contributed by atoms with Gasteiger partial charge in [0.15, 0.2) is 0 Å². The lowest BCUT2D eigenvalue weighted by molar-refractivity contribution is -0.136. The van der Waals surface area contributed by atoms with Gasteiger partial charge in [-0.1, -0.05) is 30.3 Å². The lowest BCUT2D eigenvalue weighted by Gasteiger charge is -2.36. The van der Waals surface area contributed by atoms with Gasteiger partial charge in [0.2, 0.25) is 5.91 Å². The third-order valence-electron chi connectivity index (χ3n) is 5.78. The average Bonchev–Trinajstić information content (AvgIpc) is 3.22. The highest BCUT2D eigenvalue weighted by Crippen LogP contribution is 2.43. The van der Waals surface area contributed by atoms with Crippen LogP contribution in [0.3, 0.4) is 0 Å². The van der Waals surface area contributed by atoms with Crippen molar-refractivity contribution < 1.29 is 9.18 Å². The maximum Gasteiger partial charge on any atom is 0.248 e. The van der Waals surface area contributed by atoms with Gasteiger partial charge in [-0.25, -0.2) is 4.39 Å². The Morgan fingerprint density at radius 1 is 1.10 bits per heavy atom. The molecule has 158 valence electrons. The van der Waals surface area contributed by atoms with E-state index >= 15 is 0 Å². The van der Waals surface area contributed by atoms with Crippen LogP contribution in [0.2, 0.25) is 0 Å². The number of likely N-dealkylation sites (tertiary alicyclic amines) is 1. The van der Waals surface area contributed by atoms with E-state index in [-0.39, 0.29) is 42.6 Å². The number of amides is 1. The molecule has 1 amide bonds. The van der Waals surface area contributed by atoms with Gasteiger partial charge in [-0.2, -0.15) is 0 Å². The molecule has 0 saturated carbocycles. The van der Waals surface area contributed by atoms with Crippen molar-refractivity contribution in [3.8, 4) is 0 Å². The normalized spacial score (nSPS) is 23.0. The number of rotatable bonds is 4. The Kier molecular flexibility index (Phi) is 7.55. The van der Waals surface area contributed by atoms with Gasteiger partial charge in [-0.3, -0.25) is 4.79 Å². The van der Waals surface area contributed by atoms with Crippen molar-refractivity contribution >= 4 is 36.4 Å². The molecule has 0 aromatic heterocycles. The third kappa shape index (κ3) is 4.68. The van der Waals surface area contributed by atoms with Crippen molar-refractivity contribution in [1.82, 2.24) is 10.2 Å². The zero-order valence-corrected chi connectivity index (χ0v) is 18.2. The monoisotopic (exact) mass is 439 g/mol. The highest BCUT2D eigenvalue weighted by molar-refractivity contribution is 5.89. The molecule has 2 aliphatic heterocycles. The van der Waals surface area contributed by atoms with Crippen molar-refractivity contribution in [1.29, 1.82) is 0 Å². The Labute approximate surface area is 184 Å². The SMILES string of the molecule is CC(C)(Nc1ccccc1)C(=O)N1C[C@@H]2CNC[C@@H]2[C@@H]1c1cccc(F)c1.Cl.Cl. The van der Waals surface area contributed by atoms with Gasteiger partial charge in [-0.15, -0.1) is 24.8 Å². The Morgan fingerprint density at radius 3 is 2.52 bits per heavy atom. The van der Waals surface area contributed by atoms with Crippen molar-refractivity contribution in [3.63, 3.8) is 0 Å². The van der Waals surface area contributed by atoms with Crippen molar-refractivity contribution in [3.05, 3.63) is 66.0 Å². The Bertz CT molecular complexity index is 834. The van der Waals surface area contributed by atoms with Gasteiger partial charge in [0.25, 0.3) is 0 Å². The first-order chi connectivity index (χ1) is 13.0. The molecule has 0 bridgehead atoms. The molecule has 0 spiro atoms. The molecule has 2 heterocycles. The first-order valence-corrected chi connectivity index (χ1v) is 9.56. The summed E-state index contributed by atoms with van der Waals surface area (Å²) >= 11 is 0. The van der Waals surface area contributed by atoms with E-state index in [0.29, 0.717) is 18.4 Å². The summed E-state index contributed by atoms with van der Waals surface area (Å²) in [5, 5.41) is 6.79. The quantitative estimate of drug-likeness (QED) is 0.746.